The Morgan fingerprint density at radius 2 is 2.07 bits per heavy atom. The first-order valence-electron chi connectivity index (χ1n) is 5.14. The molecule has 0 N–H and O–H groups in total. The maximum absolute atomic E-state index is 12.8. The highest BCUT2D eigenvalue weighted by atomic mass is 19.2. The van der Waals surface area contributed by atoms with Gasteiger partial charge in [0, 0.05) is 13.1 Å². The summed E-state index contributed by atoms with van der Waals surface area (Å²) < 4.78 is 12.8. The van der Waals surface area contributed by atoms with Gasteiger partial charge in [-0.25, -0.2) is 0 Å². The second-order valence-corrected chi connectivity index (χ2v) is 3.59. The normalized spacial score (nSPS) is 21.7. The molecule has 1 fully saturated rings. The molecule has 0 atom stereocenters. The van der Waals surface area contributed by atoms with E-state index >= 15 is 0 Å². The van der Waals surface area contributed by atoms with Gasteiger partial charge in [-0.15, -0.1) is 9.60 Å². The number of halogens is 1. The van der Waals surface area contributed by atoms with Crippen molar-refractivity contribution in [3.63, 3.8) is 0 Å². The van der Waals surface area contributed by atoms with E-state index in [1.54, 1.807) is 6.08 Å². The van der Waals surface area contributed by atoms with Gasteiger partial charge in [0.25, 0.3) is 0 Å². The van der Waals surface area contributed by atoms with E-state index in [9.17, 15) is 4.48 Å². The van der Waals surface area contributed by atoms with Gasteiger partial charge in [0.15, 0.2) is 0 Å². The SMILES string of the molecule is C=C/C=C(\C=C/C)C1CCN(F)CC1. The van der Waals surface area contributed by atoms with Gasteiger partial charge in [-0.2, -0.15) is 0 Å². The Hall–Kier alpha value is -0.890. The summed E-state index contributed by atoms with van der Waals surface area (Å²) in [5.41, 5.74) is 1.27. The summed E-state index contributed by atoms with van der Waals surface area (Å²) in [6, 6.07) is 0. The third-order valence-electron chi connectivity index (χ3n) is 2.58. The van der Waals surface area contributed by atoms with Gasteiger partial charge < -0.3 is 0 Å². The molecule has 1 saturated heterocycles. The summed E-state index contributed by atoms with van der Waals surface area (Å²) in [6.45, 7) is 6.80. The first kappa shape index (κ1) is 11.2. The van der Waals surface area contributed by atoms with Crippen molar-refractivity contribution in [2.45, 2.75) is 19.8 Å². The van der Waals surface area contributed by atoms with Crippen LogP contribution in [0.4, 0.5) is 4.48 Å². The molecule has 0 bridgehead atoms. The van der Waals surface area contributed by atoms with Gasteiger partial charge in [0.1, 0.15) is 0 Å². The van der Waals surface area contributed by atoms with Crippen molar-refractivity contribution in [3.05, 3.63) is 36.5 Å². The van der Waals surface area contributed by atoms with Crippen LogP contribution in [-0.2, 0) is 0 Å². The van der Waals surface area contributed by atoms with Crippen LogP contribution in [0.1, 0.15) is 19.8 Å². The van der Waals surface area contributed by atoms with Gasteiger partial charge in [-0.3, -0.25) is 0 Å². The lowest BCUT2D eigenvalue weighted by Gasteiger charge is -2.26. The van der Waals surface area contributed by atoms with E-state index < -0.39 is 0 Å². The van der Waals surface area contributed by atoms with Crippen LogP contribution >= 0.6 is 0 Å². The number of rotatable bonds is 3. The first-order valence-corrected chi connectivity index (χ1v) is 5.14. The summed E-state index contributed by atoms with van der Waals surface area (Å²) in [4.78, 5) is 0. The summed E-state index contributed by atoms with van der Waals surface area (Å²) in [7, 11) is 0. The molecule has 1 heterocycles. The summed E-state index contributed by atoms with van der Waals surface area (Å²) >= 11 is 0. The second kappa shape index (κ2) is 5.76. The Kier molecular flexibility index (Phi) is 4.60. The van der Waals surface area contributed by atoms with E-state index in [1.807, 2.05) is 19.1 Å². The molecular formula is C12H18FN. The maximum atomic E-state index is 12.8. The highest BCUT2D eigenvalue weighted by Crippen LogP contribution is 2.25. The Labute approximate surface area is 85.5 Å². The molecule has 0 radical (unpaired) electrons. The Morgan fingerprint density at radius 1 is 1.43 bits per heavy atom. The van der Waals surface area contributed by atoms with Gasteiger partial charge >= 0.3 is 0 Å². The fourth-order valence-electron chi connectivity index (χ4n) is 1.84. The molecule has 1 aliphatic heterocycles. The molecule has 2 heteroatoms. The van der Waals surface area contributed by atoms with E-state index in [0.29, 0.717) is 19.0 Å². The summed E-state index contributed by atoms with van der Waals surface area (Å²) in [5.74, 6) is 0.496. The van der Waals surface area contributed by atoms with Gasteiger partial charge in [-0.1, -0.05) is 30.9 Å². The van der Waals surface area contributed by atoms with Crippen LogP contribution in [0, 0.1) is 5.92 Å². The molecule has 1 rings (SSSR count). The van der Waals surface area contributed by atoms with E-state index in [0.717, 1.165) is 18.0 Å². The molecule has 0 unspecified atom stereocenters. The number of allylic oxidation sites excluding steroid dienone is 5. The first-order chi connectivity index (χ1) is 6.77. The minimum Gasteiger partial charge on any atom is -0.146 e. The van der Waals surface area contributed by atoms with Crippen LogP contribution in [0.15, 0.2) is 36.5 Å². The number of nitrogens with zero attached hydrogens (tertiary/aromatic N) is 1. The Balaban J connectivity index is 2.61. The van der Waals surface area contributed by atoms with Crippen LogP contribution in [0.2, 0.25) is 0 Å². The highest BCUT2D eigenvalue weighted by Gasteiger charge is 2.20. The minimum absolute atomic E-state index is 0.496. The van der Waals surface area contributed by atoms with Crippen LogP contribution in [0.3, 0.4) is 0 Å². The predicted octanol–water partition coefficient (Wildman–Crippen LogP) is 3.27. The molecule has 0 saturated carbocycles. The molecular weight excluding hydrogens is 177 g/mol. The predicted molar refractivity (Wildman–Crippen MR) is 58.5 cm³/mol. The van der Waals surface area contributed by atoms with E-state index in [2.05, 4.69) is 12.7 Å². The monoisotopic (exact) mass is 195 g/mol. The molecule has 0 amide bonds. The topological polar surface area (TPSA) is 3.24 Å². The van der Waals surface area contributed by atoms with Crippen molar-refractivity contribution in [3.8, 4) is 0 Å². The van der Waals surface area contributed by atoms with Crippen molar-refractivity contribution in [1.82, 2.24) is 5.12 Å². The fourth-order valence-corrected chi connectivity index (χ4v) is 1.84. The molecule has 14 heavy (non-hydrogen) atoms. The van der Waals surface area contributed by atoms with Crippen molar-refractivity contribution < 1.29 is 4.48 Å². The highest BCUT2D eigenvalue weighted by molar-refractivity contribution is 5.25. The van der Waals surface area contributed by atoms with Gasteiger partial charge in [0.2, 0.25) is 0 Å². The van der Waals surface area contributed by atoms with Crippen LogP contribution in [0.25, 0.3) is 0 Å². The standard InChI is InChI=1S/C12H18FN/c1-3-5-11(6-4-2)12-7-9-14(13)10-8-12/h3-6,12H,1,7-10H2,2H3/b6-4-,11-5+. The lowest BCUT2D eigenvalue weighted by Crippen LogP contribution is -2.27. The zero-order valence-electron chi connectivity index (χ0n) is 8.75. The molecule has 0 aromatic carbocycles. The Bertz CT molecular complexity index is 235. The summed E-state index contributed by atoms with van der Waals surface area (Å²) in [5, 5.41) is 0.900. The smallest absolute Gasteiger partial charge is 0.0296 e. The number of hydrogen-bond acceptors (Lipinski definition) is 1. The molecule has 1 aliphatic rings. The lowest BCUT2D eigenvalue weighted by molar-refractivity contribution is -0.00369. The molecule has 78 valence electrons. The van der Waals surface area contributed by atoms with E-state index in [4.69, 9.17) is 0 Å². The van der Waals surface area contributed by atoms with Crippen molar-refractivity contribution in [2.75, 3.05) is 13.1 Å². The molecule has 0 aliphatic carbocycles. The molecule has 0 aromatic rings. The van der Waals surface area contributed by atoms with Crippen molar-refractivity contribution >= 4 is 0 Å². The third kappa shape index (κ3) is 3.11. The molecule has 0 spiro atoms. The van der Waals surface area contributed by atoms with E-state index in [-0.39, 0.29) is 0 Å². The Morgan fingerprint density at radius 3 is 2.57 bits per heavy atom. The number of hydrogen-bond donors (Lipinski definition) is 0. The van der Waals surface area contributed by atoms with Crippen LogP contribution in [-0.4, -0.2) is 18.2 Å². The van der Waals surface area contributed by atoms with E-state index in [1.165, 1.54) is 5.57 Å². The van der Waals surface area contributed by atoms with Crippen LogP contribution < -0.4 is 0 Å². The van der Waals surface area contributed by atoms with Gasteiger partial charge in [-0.05, 0) is 31.3 Å². The molecule has 0 aromatic heterocycles. The zero-order chi connectivity index (χ0) is 10.4. The second-order valence-electron chi connectivity index (χ2n) is 3.59. The third-order valence-corrected chi connectivity index (χ3v) is 2.58. The van der Waals surface area contributed by atoms with Crippen LogP contribution in [0.5, 0.6) is 0 Å². The molecule has 1 nitrogen and oxygen atoms in total. The van der Waals surface area contributed by atoms with Crippen molar-refractivity contribution in [2.24, 2.45) is 5.92 Å². The largest absolute Gasteiger partial charge is 0.146 e. The number of piperidine rings is 1. The summed E-state index contributed by atoms with van der Waals surface area (Å²) in [6.07, 6.45) is 9.76. The fraction of sp³-hybridized carbons (Fsp3) is 0.500. The van der Waals surface area contributed by atoms with Gasteiger partial charge in [0.05, 0.1) is 0 Å². The maximum Gasteiger partial charge on any atom is 0.0296 e. The van der Waals surface area contributed by atoms with Crippen molar-refractivity contribution in [1.29, 1.82) is 0 Å². The average molecular weight is 195 g/mol. The minimum atomic E-state index is 0.496. The lowest BCUT2D eigenvalue weighted by atomic mass is 9.89. The zero-order valence-corrected chi connectivity index (χ0v) is 8.75. The average Bonchev–Trinajstić information content (AvgIpc) is 2.19. The quantitative estimate of drug-likeness (QED) is 0.493.